The van der Waals surface area contributed by atoms with E-state index in [0.717, 1.165) is 38.0 Å². The molecule has 23 heteroatoms. The van der Waals surface area contributed by atoms with Crippen LogP contribution in [0.4, 0.5) is 0 Å². The SMILES string of the molecule is C/C=C/C=C/C=C/CCC#N.C/C=C/C=C/C=C\CCC#N.C/C=C/C=C/C=O.CC=O.CC=O.CC=O.N#CCCCS(=O)(=O)c1nnnn1-c1ccccc1.[C-]#[O+].[C-]#[O+].[C-]#[O+].[C-]#[O+].[C-]#[O+].[C-]#[O+].[Fe].[Fe].[Fe]. The molecule has 0 spiro atoms. The van der Waals surface area contributed by atoms with Gasteiger partial charge in [0, 0.05) is 70.5 Å². The van der Waals surface area contributed by atoms with Crippen LogP contribution in [-0.2, 0) is 108 Å². The standard InChI is InChI=1S/C11H11N5O2S.2C10H13N.C6H8O.3C2H4O.6CO.3Fe/c12-8-4-5-9-19(17,18)11-13-14-15-16(11)10-6-2-1-3-7-10;2*1-2-3-4-5-6-7-8-9-10-11;1-2-3-4-5-6-7;3*1-2-3;6*1-2;;;/h1-3,6-7H,4-5,9H2;2*2-7H,8-9H2,1H3;2-6H,1H3;3*2H,1H3;;;;;;;;;/b;3-2+,5-4+,7-6+;3-2+,5-4+,7-6-;3-2+,5-4+;;;;;;;;;;;;. The molecule has 0 saturated carbocycles. The van der Waals surface area contributed by atoms with Gasteiger partial charge >= 0.3 is 67.8 Å². The first-order valence-electron chi connectivity index (χ1n) is 18.9. The number of sulfone groups is 1. The van der Waals surface area contributed by atoms with Gasteiger partial charge in [-0.25, -0.2) is 8.42 Å². The molecule has 0 radical (unpaired) electrons. The van der Waals surface area contributed by atoms with Crippen molar-refractivity contribution in [3.63, 3.8) is 0 Å². The summed E-state index contributed by atoms with van der Waals surface area (Å²) < 4.78 is 70.4. The Hall–Kier alpha value is -6.69. The molecule has 0 bridgehead atoms. The summed E-state index contributed by atoms with van der Waals surface area (Å²) in [6.45, 7) is 37.2. The number of hydrogen-bond donors (Lipinski definition) is 0. The van der Waals surface area contributed by atoms with Crippen LogP contribution in [0.5, 0.6) is 0 Å². The number of aromatic nitrogens is 4. The van der Waals surface area contributed by atoms with E-state index < -0.39 is 9.84 Å². The van der Waals surface area contributed by atoms with E-state index >= 15 is 0 Å². The van der Waals surface area contributed by atoms with Crippen LogP contribution in [0.2, 0.25) is 0 Å². The number of hydrogen-bond acceptors (Lipinski definition) is 12. The molecule has 1 aromatic carbocycles. The fraction of sp³-hybridized carbons (Fsp3) is 0.265. The average Bonchev–Trinajstić information content (AvgIpc) is 3.91. The Morgan fingerprint density at radius 1 is 0.528 bits per heavy atom. The van der Waals surface area contributed by atoms with Gasteiger partial charge < -0.3 is 14.4 Å². The van der Waals surface area contributed by atoms with Gasteiger partial charge in [0.2, 0.25) is 9.84 Å². The van der Waals surface area contributed by atoms with Gasteiger partial charge in [0.05, 0.1) is 29.6 Å². The van der Waals surface area contributed by atoms with Crippen molar-refractivity contribution in [3.05, 3.63) is 167 Å². The van der Waals surface area contributed by atoms with E-state index in [1.807, 2.05) is 112 Å². The summed E-state index contributed by atoms with van der Waals surface area (Å²) in [7, 11) is -3.59. The first kappa shape index (κ1) is 103. The number of benzene rings is 1. The molecule has 1 heterocycles. The minimum atomic E-state index is -3.59. The predicted molar refractivity (Wildman–Crippen MR) is 251 cm³/mol. The maximum atomic E-state index is 12.1. The van der Waals surface area contributed by atoms with Gasteiger partial charge in [-0.2, -0.15) is 20.5 Å². The van der Waals surface area contributed by atoms with E-state index in [9.17, 15) is 13.2 Å². The van der Waals surface area contributed by atoms with Crippen LogP contribution in [-0.4, -0.2) is 59.5 Å². The zero-order valence-corrected chi connectivity index (χ0v) is 44.5. The van der Waals surface area contributed by atoms with Crippen LogP contribution in [0.1, 0.15) is 80.1 Å². The Morgan fingerprint density at radius 2 is 0.847 bits per heavy atom. The second-order valence-corrected chi connectivity index (χ2v) is 11.6. The maximum Gasteiger partial charge on any atom is 0 e. The Bertz CT molecular complexity index is 1960. The van der Waals surface area contributed by atoms with Crippen molar-refractivity contribution in [1.29, 1.82) is 15.8 Å². The van der Waals surface area contributed by atoms with Gasteiger partial charge in [-0.05, 0) is 89.4 Å². The fourth-order valence-corrected chi connectivity index (χ4v) is 4.15. The second-order valence-electron chi connectivity index (χ2n) is 9.61. The summed E-state index contributed by atoms with van der Waals surface area (Å²) in [5.74, 6) is -0.145. The molecular formula is C49H57Fe3N7O12S. The van der Waals surface area contributed by atoms with E-state index in [1.165, 1.54) is 31.5 Å². The number of carbonyl (C=O) groups is 4. The van der Waals surface area contributed by atoms with Crippen LogP contribution >= 0.6 is 0 Å². The van der Waals surface area contributed by atoms with Crippen LogP contribution < -0.4 is 0 Å². The fourth-order valence-electron chi connectivity index (χ4n) is 2.88. The molecular weight excluding hydrogens is 1080 g/mol. The van der Waals surface area contributed by atoms with Crippen molar-refractivity contribution in [3.8, 4) is 23.9 Å². The molecule has 0 saturated heterocycles. The largest absolute Gasteiger partial charge is 0 e. The first-order valence-corrected chi connectivity index (χ1v) is 20.5. The molecule has 0 unspecified atom stereocenters. The van der Waals surface area contributed by atoms with Gasteiger partial charge in [0.1, 0.15) is 25.1 Å². The predicted octanol–water partition coefficient (Wildman–Crippen LogP) is 8.40. The number of para-hydroxylation sites is 1. The van der Waals surface area contributed by atoms with E-state index in [-0.39, 0.29) is 75.0 Å². The molecule has 72 heavy (non-hydrogen) atoms. The maximum absolute atomic E-state index is 12.1. The summed E-state index contributed by atoms with van der Waals surface area (Å²) in [6.07, 6.45) is 36.7. The molecule has 0 aliphatic heterocycles. The van der Waals surface area contributed by atoms with E-state index in [4.69, 9.17) is 58.1 Å². The Balaban J connectivity index is -0.0000000469. The summed E-state index contributed by atoms with van der Waals surface area (Å²) in [4.78, 5) is 36.0. The van der Waals surface area contributed by atoms with Crippen LogP contribution in [0.3, 0.4) is 0 Å². The van der Waals surface area contributed by atoms with Gasteiger partial charge in [-0.15, -0.1) is 0 Å². The summed E-state index contributed by atoms with van der Waals surface area (Å²) >= 11 is 0. The number of nitrogens with zero attached hydrogens (tertiary/aromatic N) is 7. The number of nitriles is 3. The minimum Gasteiger partial charge on any atom is 0 e. The molecule has 0 fully saturated rings. The zero-order valence-electron chi connectivity index (χ0n) is 40.4. The van der Waals surface area contributed by atoms with Gasteiger partial charge in [-0.1, -0.05) is 114 Å². The van der Waals surface area contributed by atoms with Gasteiger partial charge in [-0.3, -0.25) is 4.79 Å². The monoisotopic (exact) mass is 1140 g/mol. The molecule has 0 amide bonds. The summed E-state index contributed by atoms with van der Waals surface area (Å²) in [5.41, 5.74) is 0.575. The molecule has 390 valence electrons. The number of rotatable bonds is 15. The first-order chi connectivity index (χ1) is 33.6. The van der Waals surface area contributed by atoms with Gasteiger partial charge in [0.25, 0.3) is 5.16 Å². The topological polar surface area (TPSA) is 337 Å². The molecule has 0 N–H and O–H groups in total. The van der Waals surface area contributed by atoms with Crippen molar-refractivity contribution in [2.45, 2.75) is 85.2 Å². The second kappa shape index (κ2) is 120. The molecule has 0 aliphatic rings. The van der Waals surface area contributed by atoms with Crippen molar-refractivity contribution in [2.75, 3.05) is 5.75 Å². The third-order valence-corrected chi connectivity index (χ3v) is 6.72. The van der Waals surface area contributed by atoms with E-state index in [1.54, 1.807) is 36.4 Å². The third-order valence-electron chi connectivity index (χ3n) is 5.08. The number of unbranched alkanes of at least 4 members (excludes halogenated alkanes) is 3. The molecule has 2 aromatic rings. The van der Waals surface area contributed by atoms with E-state index in [2.05, 4.69) is 67.6 Å². The van der Waals surface area contributed by atoms with Crippen molar-refractivity contribution >= 4 is 35.0 Å². The number of aldehydes is 4. The zero-order chi connectivity index (χ0) is 56.1. The smallest absolute Gasteiger partial charge is 0 e. The molecule has 2 rings (SSSR count). The van der Waals surface area contributed by atoms with Crippen LogP contribution in [0, 0.1) is 73.9 Å². The van der Waals surface area contributed by atoms with Crippen LogP contribution in [0.15, 0.2) is 133 Å². The molecule has 1 aromatic heterocycles. The average molecular weight is 1140 g/mol. The summed E-state index contributed by atoms with van der Waals surface area (Å²) in [5, 5.41) is 35.3. The quantitative estimate of drug-likeness (QED) is 0.0308. The Kier molecular flexibility index (Phi) is 171. The number of carbonyl (C=O) groups excluding carboxylic acids is 4. The van der Waals surface area contributed by atoms with Crippen molar-refractivity contribution in [2.24, 2.45) is 0 Å². The third kappa shape index (κ3) is 110. The number of allylic oxidation sites excluding steroid dienone is 16. The minimum absolute atomic E-state index is 0. The number of tetrazole rings is 1. The van der Waals surface area contributed by atoms with Crippen molar-refractivity contribution in [1.82, 2.24) is 20.2 Å². The molecule has 19 nitrogen and oxygen atoms in total. The van der Waals surface area contributed by atoms with Crippen LogP contribution in [0.25, 0.3) is 5.69 Å². The molecule has 0 aliphatic carbocycles. The normalized spacial score (nSPS) is 8.26. The van der Waals surface area contributed by atoms with E-state index in [0.29, 0.717) is 18.5 Å². The molecule has 0 atom stereocenters. The summed E-state index contributed by atoms with van der Waals surface area (Å²) in [6, 6.07) is 14.8. The van der Waals surface area contributed by atoms with Gasteiger partial charge in [0.15, 0.2) is 0 Å². The van der Waals surface area contributed by atoms with Crippen molar-refractivity contribution < 1.29 is 107 Å². The Labute approximate surface area is 457 Å². The Morgan fingerprint density at radius 3 is 1.15 bits per heavy atom.